The first-order valence-corrected chi connectivity index (χ1v) is 29.6. The van der Waals surface area contributed by atoms with E-state index >= 15 is 8.78 Å². The third-order valence-corrected chi connectivity index (χ3v) is 18.3. The molecular formula is C61H75F2N11O6S. The number of aliphatic hydroxyl groups is 1. The van der Waals surface area contributed by atoms with Gasteiger partial charge in [0.25, 0.3) is 0 Å². The Kier molecular flexibility index (Phi) is 16.1. The van der Waals surface area contributed by atoms with Crippen LogP contribution in [-0.2, 0) is 20.8 Å². The summed E-state index contributed by atoms with van der Waals surface area (Å²) in [5.74, 6) is -1.08. The summed E-state index contributed by atoms with van der Waals surface area (Å²) in [6.07, 6.45) is 5.64. The number of carbonyl (C=O) groups excluding carboxylic acids is 3. The van der Waals surface area contributed by atoms with Gasteiger partial charge in [-0.2, -0.15) is 9.97 Å². The Balaban J connectivity index is 0.667. The third-order valence-electron chi connectivity index (χ3n) is 17.3. The summed E-state index contributed by atoms with van der Waals surface area (Å²) in [5, 5.41) is 33.3. The molecule has 3 aromatic carbocycles. The van der Waals surface area contributed by atoms with Gasteiger partial charge in [0, 0.05) is 69.5 Å². The second kappa shape index (κ2) is 23.1. The first-order valence-electron chi connectivity index (χ1n) is 28.8. The molecule has 0 spiro atoms. The summed E-state index contributed by atoms with van der Waals surface area (Å²) in [4.78, 5) is 69.1. The molecule has 4 unspecified atom stereocenters. The molecular weight excluding hydrogens is 1050 g/mol. The van der Waals surface area contributed by atoms with Crippen LogP contribution in [0.1, 0.15) is 96.0 Å². The lowest BCUT2D eigenvalue weighted by molar-refractivity contribution is -0.145. The number of alkyl halides is 1. The number of fused-ring (bicyclic) bond motifs is 4. The van der Waals surface area contributed by atoms with Gasteiger partial charge in [0.05, 0.1) is 40.2 Å². The first-order chi connectivity index (χ1) is 38.8. The number of rotatable bonds is 17. The number of aromatic nitrogens is 4. The Labute approximate surface area is 475 Å². The number of halogens is 2. The number of hydrogen-bond donors (Lipinski definition) is 5. The topological polar surface area (TPSA) is 202 Å². The molecule has 0 radical (unpaired) electrons. The molecule has 0 saturated carbocycles. The minimum absolute atomic E-state index is 0.0194. The molecule has 5 aliphatic rings. The lowest BCUT2D eigenvalue weighted by Gasteiger charge is -2.47. The Morgan fingerprint density at radius 3 is 2.40 bits per heavy atom. The minimum Gasteiger partial charge on any atom is -0.508 e. The number of anilines is 1. The summed E-state index contributed by atoms with van der Waals surface area (Å²) in [6.45, 7) is 15.3. The predicted octanol–water partition coefficient (Wildman–Crippen LogP) is 7.50. The van der Waals surface area contributed by atoms with Crippen molar-refractivity contribution < 1.29 is 38.1 Å². The van der Waals surface area contributed by atoms with Gasteiger partial charge in [-0.15, -0.1) is 11.3 Å². The molecule has 3 aromatic heterocycles. The number of benzene rings is 3. The molecule has 6 atom stereocenters. The molecule has 3 amide bonds. The van der Waals surface area contributed by atoms with E-state index in [0.717, 1.165) is 76.8 Å². The van der Waals surface area contributed by atoms with Gasteiger partial charge in [-0.3, -0.25) is 29.2 Å². The molecule has 430 valence electrons. The molecule has 5 aliphatic heterocycles. The van der Waals surface area contributed by atoms with Crippen LogP contribution in [0.5, 0.6) is 11.8 Å². The molecule has 17 nitrogen and oxygen atoms in total. The number of aliphatic hydroxyl groups excluding tert-OH is 1. The number of ether oxygens (including phenoxy) is 1. The number of aryl methyl sites for hydroxylation is 2. The van der Waals surface area contributed by atoms with E-state index in [1.54, 1.807) is 34.6 Å². The molecule has 5 saturated heterocycles. The molecule has 20 heteroatoms. The van der Waals surface area contributed by atoms with Crippen LogP contribution in [0.4, 0.5) is 14.6 Å². The van der Waals surface area contributed by atoms with Crippen molar-refractivity contribution in [1.82, 2.24) is 50.6 Å². The summed E-state index contributed by atoms with van der Waals surface area (Å²) in [7, 11) is 0. The molecule has 8 heterocycles. The molecule has 5 fully saturated rings. The average Bonchev–Trinajstić information content (AvgIpc) is 4.16. The van der Waals surface area contributed by atoms with Gasteiger partial charge in [-0.1, -0.05) is 70.2 Å². The Morgan fingerprint density at radius 1 is 0.963 bits per heavy atom. The van der Waals surface area contributed by atoms with Gasteiger partial charge in [-0.05, 0) is 116 Å². The highest BCUT2D eigenvalue weighted by Gasteiger charge is 2.48. The van der Waals surface area contributed by atoms with Gasteiger partial charge < -0.3 is 40.7 Å². The third kappa shape index (κ3) is 12.1. The maximum absolute atomic E-state index is 17.1. The average molecular weight is 1130 g/mol. The lowest BCUT2D eigenvalue weighted by Crippen LogP contribution is -2.63. The van der Waals surface area contributed by atoms with Crippen LogP contribution in [0.2, 0.25) is 0 Å². The molecule has 6 aromatic rings. The summed E-state index contributed by atoms with van der Waals surface area (Å²) < 4.78 is 39.7. The fourth-order valence-corrected chi connectivity index (χ4v) is 13.9. The molecule has 5 N–H and O–H groups in total. The van der Waals surface area contributed by atoms with Crippen LogP contribution in [0.3, 0.4) is 0 Å². The van der Waals surface area contributed by atoms with Crippen molar-refractivity contribution in [3.63, 3.8) is 0 Å². The number of carbonyl (C=O) groups is 3. The normalized spacial score (nSPS) is 22.2. The van der Waals surface area contributed by atoms with E-state index < -0.39 is 46.9 Å². The summed E-state index contributed by atoms with van der Waals surface area (Å²) >= 11 is 1.57. The molecule has 2 bridgehead atoms. The van der Waals surface area contributed by atoms with Crippen LogP contribution >= 0.6 is 11.3 Å². The van der Waals surface area contributed by atoms with E-state index in [1.165, 1.54) is 4.90 Å². The number of piperazine rings is 1. The van der Waals surface area contributed by atoms with Crippen molar-refractivity contribution >= 4 is 56.6 Å². The summed E-state index contributed by atoms with van der Waals surface area (Å²) in [5.41, 5.74) is 4.24. The number of phenols is 1. The van der Waals surface area contributed by atoms with Crippen LogP contribution in [0.25, 0.3) is 43.4 Å². The number of hydrogen-bond acceptors (Lipinski definition) is 15. The fourth-order valence-electron chi connectivity index (χ4n) is 13.1. The van der Waals surface area contributed by atoms with E-state index in [9.17, 15) is 24.6 Å². The van der Waals surface area contributed by atoms with Crippen molar-refractivity contribution in [1.29, 1.82) is 0 Å². The molecule has 0 aliphatic carbocycles. The highest BCUT2D eigenvalue weighted by atomic mass is 32.1. The second-order valence-corrected chi connectivity index (χ2v) is 25.3. The highest BCUT2D eigenvalue weighted by Crippen LogP contribution is 2.40. The SMILES string of the molecule is CCc1cccc2cc(O)cc(-c3ncc4c(N5CC6CCC(C5)N6)nc(OCCN5CCC(CC6(F)CN(CC(=O)NC(C(=O)N7C[C@H](O)C[C@H]7C(=O)NC(C)c7ccc(-c8scnc8C)cc7)C(C)(C)C)C6)CC5)nc4c3F)c12. The largest absolute Gasteiger partial charge is 0.508 e. The maximum atomic E-state index is 17.1. The Bertz CT molecular complexity index is 3300. The number of aromatic hydroxyl groups is 1. The van der Waals surface area contributed by atoms with E-state index in [0.29, 0.717) is 61.3 Å². The Hall–Kier alpha value is -6.45. The number of pyridine rings is 1. The molecule has 81 heavy (non-hydrogen) atoms. The van der Waals surface area contributed by atoms with E-state index in [-0.39, 0.29) is 80.0 Å². The van der Waals surface area contributed by atoms with Gasteiger partial charge in [0.15, 0.2) is 5.82 Å². The highest BCUT2D eigenvalue weighted by molar-refractivity contribution is 7.13. The van der Waals surface area contributed by atoms with Gasteiger partial charge in [-0.25, -0.2) is 13.8 Å². The number of nitrogens with one attached hydrogen (secondary N) is 3. The van der Waals surface area contributed by atoms with E-state index in [1.807, 2.05) is 89.5 Å². The fraction of sp³-hybridized carbons (Fsp3) is 0.525. The number of piperidine rings is 1. The van der Waals surface area contributed by atoms with Crippen molar-refractivity contribution in [2.75, 3.05) is 70.4 Å². The van der Waals surface area contributed by atoms with Crippen molar-refractivity contribution in [3.05, 3.63) is 88.9 Å². The van der Waals surface area contributed by atoms with Gasteiger partial charge in [0.2, 0.25) is 17.7 Å². The zero-order chi connectivity index (χ0) is 56.9. The number of likely N-dealkylation sites (tertiary alicyclic amines) is 3. The van der Waals surface area contributed by atoms with Crippen molar-refractivity contribution in [2.45, 2.75) is 128 Å². The van der Waals surface area contributed by atoms with E-state index in [2.05, 4.69) is 30.7 Å². The number of nitrogens with zero attached hydrogens (tertiary/aromatic N) is 8. The van der Waals surface area contributed by atoms with Crippen LogP contribution < -0.4 is 25.6 Å². The van der Waals surface area contributed by atoms with Gasteiger partial charge in [0.1, 0.15) is 47.1 Å². The monoisotopic (exact) mass is 1130 g/mol. The van der Waals surface area contributed by atoms with Crippen LogP contribution in [0, 0.1) is 24.1 Å². The van der Waals surface area contributed by atoms with E-state index in [4.69, 9.17) is 19.7 Å². The maximum Gasteiger partial charge on any atom is 0.319 e. The van der Waals surface area contributed by atoms with Crippen molar-refractivity contribution in [2.24, 2.45) is 11.3 Å². The first kappa shape index (κ1) is 56.4. The lowest BCUT2D eigenvalue weighted by atomic mass is 9.81. The zero-order valence-electron chi connectivity index (χ0n) is 47.2. The second-order valence-electron chi connectivity index (χ2n) is 24.4. The van der Waals surface area contributed by atoms with Crippen LogP contribution in [-0.4, -0.2) is 164 Å². The minimum atomic E-state index is -1.44. The Morgan fingerprint density at radius 2 is 1.70 bits per heavy atom. The van der Waals surface area contributed by atoms with Crippen molar-refractivity contribution in [3.8, 4) is 33.5 Å². The number of phenolic OH excluding ortho intramolecular Hbond substituents is 1. The summed E-state index contributed by atoms with van der Waals surface area (Å²) in [6, 6.07) is 15.4. The quantitative estimate of drug-likeness (QED) is 0.0601. The van der Waals surface area contributed by atoms with Crippen LogP contribution in [0.15, 0.2) is 66.3 Å². The number of thiazole rings is 1. The van der Waals surface area contributed by atoms with Gasteiger partial charge >= 0.3 is 6.01 Å². The molecule has 11 rings (SSSR count). The smallest absolute Gasteiger partial charge is 0.319 e. The number of β-amino-alcohol motifs (C(OH)–C–C–N with tert-alkyl or cyclic N) is 1. The standard InChI is InChI=1S/C61H75F2N11O6S/c1-7-38-9-8-10-41-23-44(75)24-46(50(38)41)52-51(62)53-47(27-64-52)56(73-28-42-15-16-43(29-73)67-42)70-59(69-53)80-22-21-71-19-17-37(18-20-71)26-61(63)32-72(33-61)31-49(77)68-55(60(4,5)6)58(79)74-30-45(76)25-48(74)57(78)66-35(2)39-11-13-40(14-12-39)54-36(3)65-34-81-54/h8-14,23-24,27,34-35,37,42-43,45,48,55,67,75-76H,7,15-22,25-26,28-33H2,1-6H3,(H,66,78)(H,68,77)/t35?,42?,43?,45-,48+,55?/m1/s1. The predicted molar refractivity (Wildman–Crippen MR) is 309 cm³/mol. The number of amides is 3. The zero-order valence-corrected chi connectivity index (χ0v) is 48.0.